The van der Waals surface area contributed by atoms with E-state index in [2.05, 4.69) is 0 Å². The van der Waals surface area contributed by atoms with E-state index in [4.69, 9.17) is 14.2 Å². The highest BCUT2D eigenvalue weighted by atomic mass is 16.7. The minimum atomic E-state index is -1.08. The van der Waals surface area contributed by atoms with Gasteiger partial charge in [-0.3, -0.25) is 9.59 Å². The molecule has 0 saturated heterocycles. The third-order valence-electron chi connectivity index (χ3n) is 6.68. The Hall–Kier alpha value is -3.44. The molecule has 1 aliphatic carbocycles. The first kappa shape index (κ1) is 24.7. The Kier molecular flexibility index (Phi) is 8.32. The number of hydrogen-bond acceptors (Lipinski definition) is 5. The normalized spacial score (nSPS) is 18.0. The molecule has 1 fully saturated rings. The van der Waals surface area contributed by atoms with Crippen LogP contribution in [0.25, 0.3) is 0 Å². The lowest BCUT2D eigenvalue weighted by Crippen LogP contribution is -2.38. The van der Waals surface area contributed by atoms with Crippen molar-refractivity contribution in [3.05, 3.63) is 108 Å². The Morgan fingerprint density at radius 2 is 1.09 bits per heavy atom. The predicted octanol–water partition coefficient (Wildman–Crippen LogP) is 5.87. The van der Waals surface area contributed by atoms with Crippen LogP contribution in [-0.4, -0.2) is 25.3 Å². The zero-order valence-electron chi connectivity index (χ0n) is 20.1. The fraction of sp³-hybridized carbons (Fsp3) is 0.333. The number of hydrogen-bond donors (Lipinski definition) is 0. The zero-order chi connectivity index (χ0) is 24.5. The quantitative estimate of drug-likeness (QED) is 0.169. The lowest BCUT2D eigenvalue weighted by Gasteiger charge is -2.37. The summed E-state index contributed by atoms with van der Waals surface area (Å²) in [5.41, 5.74) is 1.59. The molecule has 0 N–H and O–H groups in total. The number of carbonyl (C=O) groups is 2. The van der Waals surface area contributed by atoms with E-state index in [1.807, 2.05) is 97.9 Å². The van der Waals surface area contributed by atoms with Gasteiger partial charge in [-0.15, -0.1) is 0 Å². The maximum atomic E-state index is 13.7. The van der Waals surface area contributed by atoms with E-state index in [1.165, 1.54) is 0 Å². The molecule has 0 bridgehead atoms. The summed E-state index contributed by atoms with van der Waals surface area (Å²) in [7, 11) is 0. The van der Waals surface area contributed by atoms with Gasteiger partial charge >= 0.3 is 11.9 Å². The number of rotatable bonds is 9. The Bertz CT molecular complexity index is 977. The molecule has 0 heterocycles. The topological polar surface area (TPSA) is 61.8 Å². The van der Waals surface area contributed by atoms with Crippen LogP contribution in [0.15, 0.2) is 91.0 Å². The van der Waals surface area contributed by atoms with Crippen LogP contribution in [0, 0.1) is 11.8 Å². The molecule has 5 heteroatoms. The molecule has 3 aromatic rings. The van der Waals surface area contributed by atoms with Crippen molar-refractivity contribution in [3.8, 4) is 0 Å². The summed E-state index contributed by atoms with van der Waals surface area (Å²) in [6, 6.07) is 29.6. The number of ether oxygens (including phenoxy) is 3. The van der Waals surface area contributed by atoms with Crippen LogP contribution >= 0.6 is 0 Å². The lowest BCUT2D eigenvalue weighted by molar-refractivity contribution is -0.166. The molecule has 1 aliphatic rings. The number of benzene rings is 3. The average molecular weight is 473 g/mol. The maximum absolute atomic E-state index is 13.7. The third-order valence-corrected chi connectivity index (χ3v) is 6.68. The van der Waals surface area contributed by atoms with Crippen molar-refractivity contribution in [3.63, 3.8) is 0 Å². The van der Waals surface area contributed by atoms with Crippen LogP contribution in [0.4, 0.5) is 0 Å². The Morgan fingerprint density at radius 3 is 1.49 bits per heavy atom. The third kappa shape index (κ3) is 5.63. The average Bonchev–Trinajstić information content (AvgIpc) is 2.93. The van der Waals surface area contributed by atoms with Crippen LogP contribution in [0.3, 0.4) is 0 Å². The zero-order valence-corrected chi connectivity index (χ0v) is 20.1. The smallest absolute Gasteiger partial charge is 0.311 e. The van der Waals surface area contributed by atoms with E-state index in [9.17, 15) is 9.59 Å². The van der Waals surface area contributed by atoms with E-state index in [-0.39, 0.29) is 30.6 Å². The van der Waals surface area contributed by atoms with Gasteiger partial charge in [-0.2, -0.15) is 0 Å². The van der Waals surface area contributed by atoms with Crippen LogP contribution in [-0.2, 0) is 29.4 Å². The summed E-state index contributed by atoms with van der Waals surface area (Å²) in [6.07, 6.45) is 2.36. The van der Waals surface area contributed by atoms with Gasteiger partial charge < -0.3 is 14.2 Å². The number of carbonyl (C=O) groups excluding carboxylic acids is 2. The Balaban J connectivity index is 1.59. The largest absolute Gasteiger partial charge is 0.444 e. The van der Waals surface area contributed by atoms with Crippen molar-refractivity contribution in [1.29, 1.82) is 0 Å². The van der Waals surface area contributed by atoms with E-state index in [1.54, 1.807) is 0 Å². The fourth-order valence-corrected chi connectivity index (χ4v) is 4.80. The summed E-state index contributed by atoms with van der Waals surface area (Å²) in [4.78, 5) is 26.0. The van der Waals surface area contributed by atoms with Crippen LogP contribution in [0.2, 0.25) is 0 Å². The molecule has 182 valence electrons. The predicted molar refractivity (Wildman–Crippen MR) is 133 cm³/mol. The van der Waals surface area contributed by atoms with Crippen LogP contribution < -0.4 is 0 Å². The minimum absolute atomic E-state index is 0.0228. The van der Waals surface area contributed by atoms with Crippen molar-refractivity contribution in [2.75, 3.05) is 13.4 Å². The Labute approximate surface area is 207 Å². The van der Waals surface area contributed by atoms with E-state index >= 15 is 0 Å². The highest BCUT2D eigenvalue weighted by Gasteiger charge is 2.42. The van der Waals surface area contributed by atoms with Gasteiger partial charge in [-0.1, -0.05) is 91.0 Å². The molecule has 0 unspecified atom stereocenters. The molecule has 0 aliphatic heterocycles. The van der Waals surface area contributed by atoms with Gasteiger partial charge in [-0.25, -0.2) is 0 Å². The van der Waals surface area contributed by atoms with Gasteiger partial charge in [0.25, 0.3) is 0 Å². The van der Waals surface area contributed by atoms with Gasteiger partial charge in [-0.05, 0) is 32.6 Å². The van der Waals surface area contributed by atoms with Crippen molar-refractivity contribution < 1.29 is 23.8 Å². The molecule has 5 nitrogen and oxygen atoms in total. The Morgan fingerprint density at radius 1 is 0.686 bits per heavy atom. The molecule has 0 aromatic heterocycles. The molecular weight excluding hydrogens is 440 g/mol. The second-order valence-electron chi connectivity index (χ2n) is 8.82. The minimum Gasteiger partial charge on any atom is -0.444 e. The summed E-state index contributed by atoms with van der Waals surface area (Å²) < 4.78 is 16.8. The molecule has 3 aromatic carbocycles. The lowest BCUT2D eigenvalue weighted by atomic mass is 9.79. The first-order valence-electron chi connectivity index (χ1n) is 12.3. The van der Waals surface area contributed by atoms with Crippen molar-refractivity contribution in [2.24, 2.45) is 11.8 Å². The highest BCUT2D eigenvalue weighted by Crippen LogP contribution is 2.42. The summed E-state index contributed by atoms with van der Waals surface area (Å²) in [6.45, 7) is 2.33. The second-order valence-corrected chi connectivity index (χ2v) is 8.82. The van der Waals surface area contributed by atoms with Crippen molar-refractivity contribution >= 4 is 11.9 Å². The van der Waals surface area contributed by atoms with E-state index in [0.29, 0.717) is 32.3 Å². The molecule has 4 rings (SSSR count). The SMILES string of the molecule is CCOCOC(=O)C1CCC(C(=O)OC(c2ccccc2)(c2ccccc2)c2ccccc2)CC1. The molecule has 0 radical (unpaired) electrons. The highest BCUT2D eigenvalue weighted by molar-refractivity contribution is 5.76. The molecule has 0 amide bonds. The molecular formula is C30H32O5. The van der Waals surface area contributed by atoms with E-state index in [0.717, 1.165) is 16.7 Å². The van der Waals surface area contributed by atoms with Gasteiger partial charge in [0.15, 0.2) is 12.4 Å². The second kappa shape index (κ2) is 11.8. The van der Waals surface area contributed by atoms with Crippen molar-refractivity contribution in [1.82, 2.24) is 0 Å². The fourth-order valence-electron chi connectivity index (χ4n) is 4.80. The molecule has 0 atom stereocenters. The van der Waals surface area contributed by atoms with Gasteiger partial charge in [0.05, 0.1) is 11.8 Å². The summed E-state index contributed by atoms with van der Waals surface area (Å²) in [5, 5.41) is 0. The van der Waals surface area contributed by atoms with Gasteiger partial charge in [0, 0.05) is 23.3 Å². The maximum Gasteiger partial charge on any atom is 0.311 e. The molecule has 35 heavy (non-hydrogen) atoms. The first-order valence-corrected chi connectivity index (χ1v) is 12.3. The first-order chi connectivity index (χ1) is 17.1. The summed E-state index contributed by atoms with van der Waals surface area (Å²) >= 11 is 0. The van der Waals surface area contributed by atoms with E-state index < -0.39 is 5.60 Å². The summed E-state index contributed by atoms with van der Waals surface area (Å²) in [5.74, 6) is -0.983. The van der Waals surface area contributed by atoms with Crippen molar-refractivity contribution in [2.45, 2.75) is 38.2 Å². The van der Waals surface area contributed by atoms with Crippen LogP contribution in [0.1, 0.15) is 49.3 Å². The standard InChI is InChI=1S/C30H32O5/c1-2-33-22-34-28(31)23-18-20-24(21-19-23)29(32)35-30(25-12-6-3-7-13-25,26-14-8-4-9-15-26)27-16-10-5-11-17-27/h3-17,23-24H,2,18-22H2,1H3. The van der Waals surface area contributed by atoms with Crippen LogP contribution in [0.5, 0.6) is 0 Å². The van der Waals surface area contributed by atoms with Gasteiger partial charge in [0.2, 0.25) is 0 Å². The monoisotopic (exact) mass is 472 g/mol. The molecule has 1 saturated carbocycles. The number of esters is 2. The van der Waals surface area contributed by atoms with Gasteiger partial charge in [0.1, 0.15) is 0 Å². The molecule has 0 spiro atoms.